The first-order valence-corrected chi connectivity index (χ1v) is 4.83. The van der Waals surface area contributed by atoms with Crippen LogP contribution in [0, 0.1) is 0 Å². The zero-order valence-corrected chi connectivity index (χ0v) is 8.49. The quantitative estimate of drug-likeness (QED) is 0.721. The monoisotopic (exact) mass is 243 g/mol. The molecule has 0 saturated carbocycles. The van der Waals surface area contributed by atoms with Crippen LogP contribution in [-0.2, 0) is 0 Å². The van der Waals surface area contributed by atoms with Crippen molar-refractivity contribution in [1.82, 2.24) is 0 Å². The van der Waals surface area contributed by atoms with E-state index in [-0.39, 0.29) is 12.6 Å². The molecule has 0 unspecified atom stereocenters. The van der Waals surface area contributed by atoms with Crippen molar-refractivity contribution >= 4 is 15.9 Å². The largest absolute Gasteiger partial charge is 0.490 e. The van der Waals surface area contributed by atoms with Gasteiger partial charge in [0.1, 0.15) is 18.5 Å². The average molecular weight is 244 g/mol. The molecular formula is C9H10BrNO2. The summed E-state index contributed by atoms with van der Waals surface area (Å²) in [5, 5.41) is 9.45. The molecule has 0 radical (unpaired) electrons. The van der Waals surface area contributed by atoms with E-state index in [1.54, 1.807) is 0 Å². The zero-order valence-electron chi connectivity index (χ0n) is 6.90. The van der Waals surface area contributed by atoms with E-state index in [1.807, 2.05) is 18.2 Å². The van der Waals surface area contributed by atoms with Crippen molar-refractivity contribution in [2.45, 2.75) is 12.1 Å². The molecule has 2 atom stereocenters. The summed E-state index contributed by atoms with van der Waals surface area (Å²) in [5.74, 6) is 0.765. The minimum absolute atomic E-state index is 0.274. The van der Waals surface area contributed by atoms with Gasteiger partial charge < -0.3 is 15.6 Å². The van der Waals surface area contributed by atoms with Crippen LogP contribution in [0.4, 0.5) is 0 Å². The molecular weight excluding hydrogens is 234 g/mol. The lowest BCUT2D eigenvalue weighted by atomic mass is 9.99. The molecule has 0 fully saturated rings. The molecule has 0 spiro atoms. The maximum Gasteiger partial charge on any atom is 0.124 e. The first-order chi connectivity index (χ1) is 6.18. The van der Waals surface area contributed by atoms with Gasteiger partial charge >= 0.3 is 0 Å². The minimum atomic E-state index is -0.609. The number of ether oxygens (including phenoxy) is 1. The van der Waals surface area contributed by atoms with Crippen molar-refractivity contribution in [3.8, 4) is 5.75 Å². The third-order valence-electron chi connectivity index (χ3n) is 2.16. The molecule has 0 aliphatic carbocycles. The molecule has 0 amide bonds. The number of aliphatic hydroxyl groups is 1. The third kappa shape index (κ3) is 1.57. The number of nitrogens with two attached hydrogens (primary N) is 1. The number of hydrogen-bond donors (Lipinski definition) is 2. The molecule has 70 valence electrons. The smallest absolute Gasteiger partial charge is 0.124 e. The SMILES string of the molecule is N[C@H]1c2cc(Br)ccc2OC[C@H]1O. The van der Waals surface area contributed by atoms with Gasteiger partial charge in [0.15, 0.2) is 0 Å². The Balaban J connectivity index is 2.45. The van der Waals surface area contributed by atoms with Crippen LogP contribution in [0.1, 0.15) is 11.6 Å². The van der Waals surface area contributed by atoms with Gasteiger partial charge in [-0.1, -0.05) is 15.9 Å². The number of hydrogen-bond acceptors (Lipinski definition) is 3. The van der Waals surface area contributed by atoms with Crippen LogP contribution in [0.5, 0.6) is 5.75 Å². The van der Waals surface area contributed by atoms with Crippen LogP contribution in [0.15, 0.2) is 22.7 Å². The second-order valence-corrected chi connectivity index (χ2v) is 4.00. The fraction of sp³-hybridized carbons (Fsp3) is 0.333. The predicted molar refractivity (Wildman–Crippen MR) is 52.6 cm³/mol. The first kappa shape index (κ1) is 8.99. The van der Waals surface area contributed by atoms with Crippen molar-refractivity contribution in [2.24, 2.45) is 5.73 Å². The molecule has 0 bridgehead atoms. The van der Waals surface area contributed by atoms with Crippen LogP contribution in [0.2, 0.25) is 0 Å². The molecule has 1 heterocycles. The lowest BCUT2D eigenvalue weighted by Crippen LogP contribution is -2.35. The Kier molecular flexibility index (Phi) is 2.27. The molecule has 1 aliphatic heterocycles. The van der Waals surface area contributed by atoms with Gasteiger partial charge in [-0.3, -0.25) is 0 Å². The van der Waals surface area contributed by atoms with E-state index < -0.39 is 6.10 Å². The molecule has 3 nitrogen and oxygen atoms in total. The number of aliphatic hydroxyl groups excluding tert-OH is 1. The molecule has 3 N–H and O–H groups in total. The zero-order chi connectivity index (χ0) is 9.42. The molecule has 4 heteroatoms. The summed E-state index contributed by atoms with van der Waals surface area (Å²) in [6, 6.07) is 5.28. The van der Waals surface area contributed by atoms with Gasteiger partial charge in [-0.2, -0.15) is 0 Å². The molecule has 1 aromatic carbocycles. The Bertz CT molecular complexity index is 329. The Morgan fingerprint density at radius 3 is 3.08 bits per heavy atom. The summed E-state index contributed by atoms with van der Waals surface area (Å²) in [4.78, 5) is 0. The van der Waals surface area contributed by atoms with Crippen molar-refractivity contribution in [3.05, 3.63) is 28.2 Å². The van der Waals surface area contributed by atoms with Gasteiger partial charge in [0, 0.05) is 10.0 Å². The van der Waals surface area contributed by atoms with Crippen LogP contribution < -0.4 is 10.5 Å². The topological polar surface area (TPSA) is 55.5 Å². The summed E-state index contributed by atoms with van der Waals surface area (Å²) in [5.41, 5.74) is 6.66. The average Bonchev–Trinajstić information content (AvgIpc) is 2.12. The second-order valence-electron chi connectivity index (χ2n) is 3.09. The van der Waals surface area contributed by atoms with E-state index in [0.29, 0.717) is 0 Å². The molecule has 1 aromatic rings. The Labute approximate surface area is 84.6 Å². The maximum atomic E-state index is 9.45. The fourth-order valence-electron chi connectivity index (χ4n) is 1.40. The predicted octanol–water partition coefficient (Wildman–Crippen LogP) is 1.20. The molecule has 2 rings (SSSR count). The Morgan fingerprint density at radius 1 is 1.54 bits per heavy atom. The second kappa shape index (κ2) is 3.29. The normalized spacial score (nSPS) is 26.4. The summed E-state index contributed by atoms with van der Waals surface area (Å²) < 4.78 is 6.25. The maximum absolute atomic E-state index is 9.45. The van der Waals surface area contributed by atoms with Crippen molar-refractivity contribution in [1.29, 1.82) is 0 Å². The lowest BCUT2D eigenvalue weighted by Gasteiger charge is -2.27. The van der Waals surface area contributed by atoms with Gasteiger partial charge in [0.2, 0.25) is 0 Å². The van der Waals surface area contributed by atoms with E-state index in [4.69, 9.17) is 10.5 Å². The minimum Gasteiger partial charge on any atom is -0.490 e. The van der Waals surface area contributed by atoms with Gasteiger partial charge in [-0.05, 0) is 18.2 Å². The van der Waals surface area contributed by atoms with Crippen LogP contribution in [0.25, 0.3) is 0 Å². The van der Waals surface area contributed by atoms with Crippen molar-refractivity contribution in [3.63, 3.8) is 0 Å². The van der Waals surface area contributed by atoms with E-state index in [1.165, 1.54) is 0 Å². The van der Waals surface area contributed by atoms with Crippen molar-refractivity contribution < 1.29 is 9.84 Å². The van der Waals surface area contributed by atoms with E-state index in [0.717, 1.165) is 15.8 Å². The van der Waals surface area contributed by atoms with Crippen molar-refractivity contribution in [2.75, 3.05) is 6.61 Å². The van der Waals surface area contributed by atoms with Crippen LogP contribution >= 0.6 is 15.9 Å². The first-order valence-electron chi connectivity index (χ1n) is 4.04. The summed E-state index contributed by atoms with van der Waals surface area (Å²) in [7, 11) is 0. The summed E-state index contributed by atoms with van der Waals surface area (Å²) >= 11 is 3.35. The number of benzene rings is 1. The standard InChI is InChI=1S/C9H10BrNO2/c10-5-1-2-8-6(3-5)9(11)7(12)4-13-8/h1-3,7,9,12H,4,11H2/t7-,9+/m1/s1. The number of rotatable bonds is 0. The fourth-order valence-corrected chi connectivity index (χ4v) is 1.78. The van der Waals surface area contributed by atoms with Crippen LogP contribution in [-0.4, -0.2) is 17.8 Å². The van der Waals surface area contributed by atoms with Crippen LogP contribution in [0.3, 0.4) is 0 Å². The van der Waals surface area contributed by atoms with Gasteiger partial charge in [0.25, 0.3) is 0 Å². The summed E-state index contributed by atoms with van der Waals surface area (Å²) in [6.45, 7) is 0.274. The number of fused-ring (bicyclic) bond motifs is 1. The number of halogens is 1. The van der Waals surface area contributed by atoms with E-state index in [2.05, 4.69) is 15.9 Å². The highest BCUT2D eigenvalue weighted by atomic mass is 79.9. The van der Waals surface area contributed by atoms with E-state index in [9.17, 15) is 5.11 Å². The molecule has 1 aliphatic rings. The highest BCUT2D eigenvalue weighted by Crippen LogP contribution is 2.32. The highest BCUT2D eigenvalue weighted by Gasteiger charge is 2.26. The lowest BCUT2D eigenvalue weighted by molar-refractivity contribution is 0.0678. The summed E-state index contributed by atoms with van der Waals surface area (Å²) in [6.07, 6.45) is -0.609. The van der Waals surface area contributed by atoms with Gasteiger partial charge in [-0.25, -0.2) is 0 Å². The Hall–Kier alpha value is -0.580. The Morgan fingerprint density at radius 2 is 2.31 bits per heavy atom. The highest BCUT2D eigenvalue weighted by molar-refractivity contribution is 9.10. The molecule has 0 saturated heterocycles. The van der Waals surface area contributed by atoms with E-state index >= 15 is 0 Å². The molecule has 13 heavy (non-hydrogen) atoms. The van der Waals surface area contributed by atoms with Gasteiger partial charge in [0.05, 0.1) is 6.04 Å². The third-order valence-corrected chi connectivity index (χ3v) is 2.65. The molecule has 0 aromatic heterocycles. The van der Waals surface area contributed by atoms with Gasteiger partial charge in [-0.15, -0.1) is 0 Å².